The molecule has 2 rings (SSSR count). The van der Waals surface area contributed by atoms with Gasteiger partial charge in [-0.1, -0.05) is 23.2 Å². The minimum absolute atomic E-state index is 0.197. The van der Waals surface area contributed by atoms with Crippen molar-refractivity contribution in [2.75, 3.05) is 36.8 Å². The number of hydrogen-bond donors (Lipinski definition) is 1. The van der Waals surface area contributed by atoms with Crippen molar-refractivity contribution in [2.24, 2.45) is 0 Å². The molecule has 0 aromatic carbocycles. The van der Waals surface area contributed by atoms with E-state index in [1.165, 1.54) is 0 Å². The number of nitrogen functional groups attached to an aromatic ring is 1. The second kappa shape index (κ2) is 5.35. The summed E-state index contributed by atoms with van der Waals surface area (Å²) in [6, 6.07) is 1.66. The number of rotatable bonds is 1. The molecule has 106 valence electrons. The molecular formula is C13H20Cl2N4. The average molecular weight is 303 g/mol. The molecule has 0 radical (unpaired) electrons. The first kappa shape index (κ1) is 14.7. The van der Waals surface area contributed by atoms with Gasteiger partial charge in [0.25, 0.3) is 0 Å². The third-order valence-corrected chi connectivity index (χ3v) is 4.05. The van der Waals surface area contributed by atoms with E-state index >= 15 is 0 Å². The molecule has 1 aliphatic rings. The van der Waals surface area contributed by atoms with Crippen molar-refractivity contribution in [1.82, 2.24) is 9.88 Å². The normalized spacial score (nSPS) is 17.8. The molecule has 0 spiro atoms. The maximum Gasteiger partial charge on any atom is 0.150 e. The number of anilines is 2. The molecular weight excluding hydrogens is 283 g/mol. The molecule has 1 aliphatic heterocycles. The zero-order chi connectivity index (χ0) is 14.2. The summed E-state index contributed by atoms with van der Waals surface area (Å²) in [4.78, 5) is 8.92. The van der Waals surface area contributed by atoms with Crippen LogP contribution in [0.3, 0.4) is 0 Å². The number of nitrogens with zero attached hydrogens (tertiary/aromatic N) is 3. The summed E-state index contributed by atoms with van der Waals surface area (Å²) in [5, 5.41) is 0.963. The number of hydrogen-bond acceptors (Lipinski definition) is 4. The van der Waals surface area contributed by atoms with Crippen molar-refractivity contribution in [3.05, 3.63) is 16.1 Å². The molecule has 1 saturated heterocycles. The quantitative estimate of drug-likeness (QED) is 0.866. The second-order valence-corrected chi connectivity index (χ2v) is 6.62. The van der Waals surface area contributed by atoms with E-state index in [2.05, 4.69) is 35.6 Å². The number of pyridine rings is 1. The van der Waals surface area contributed by atoms with E-state index in [1.54, 1.807) is 6.07 Å². The van der Waals surface area contributed by atoms with Crippen LogP contribution in [0.25, 0.3) is 0 Å². The molecule has 2 heterocycles. The summed E-state index contributed by atoms with van der Waals surface area (Å²) in [5.74, 6) is 1.07. The third-order valence-electron chi connectivity index (χ3n) is 3.47. The van der Waals surface area contributed by atoms with Gasteiger partial charge < -0.3 is 10.6 Å². The van der Waals surface area contributed by atoms with Gasteiger partial charge in [0, 0.05) is 31.7 Å². The zero-order valence-electron chi connectivity index (χ0n) is 11.6. The Morgan fingerprint density at radius 3 is 2.21 bits per heavy atom. The van der Waals surface area contributed by atoms with E-state index in [-0.39, 0.29) is 5.54 Å². The van der Waals surface area contributed by atoms with Crippen molar-refractivity contribution in [3.8, 4) is 0 Å². The van der Waals surface area contributed by atoms with Gasteiger partial charge in [0.15, 0.2) is 0 Å². The lowest BCUT2D eigenvalue weighted by atomic mass is 10.1. The summed E-state index contributed by atoms with van der Waals surface area (Å²) in [7, 11) is 0. The summed E-state index contributed by atoms with van der Waals surface area (Å²) in [6.45, 7) is 10.5. The van der Waals surface area contributed by atoms with Gasteiger partial charge in [-0.2, -0.15) is 0 Å². The Labute approximate surface area is 124 Å². The van der Waals surface area contributed by atoms with Crippen LogP contribution in [-0.2, 0) is 0 Å². The molecule has 2 N–H and O–H groups in total. The first-order valence-corrected chi connectivity index (χ1v) is 7.16. The van der Waals surface area contributed by atoms with Crippen molar-refractivity contribution in [3.63, 3.8) is 0 Å². The van der Waals surface area contributed by atoms with Crippen molar-refractivity contribution in [1.29, 1.82) is 0 Å². The Bertz CT molecular complexity index is 462. The zero-order valence-corrected chi connectivity index (χ0v) is 13.1. The van der Waals surface area contributed by atoms with Gasteiger partial charge in [-0.3, -0.25) is 4.90 Å². The van der Waals surface area contributed by atoms with Crippen LogP contribution in [-0.4, -0.2) is 41.6 Å². The fraction of sp³-hybridized carbons (Fsp3) is 0.615. The van der Waals surface area contributed by atoms with Crippen molar-refractivity contribution >= 4 is 34.8 Å². The molecule has 0 atom stereocenters. The molecule has 19 heavy (non-hydrogen) atoms. The van der Waals surface area contributed by atoms with E-state index in [9.17, 15) is 0 Å². The molecule has 6 heteroatoms. The average Bonchev–Trinajstić information content (AvgIpc) is 2.33. The van der Waals surface area contributed by atoms with Crippen molar-refractivity contribution < 1.29 is 0 Å². The fourth-order valence-electron chi connectivity index (χ4n) is 2.28. The van der Waals surface area contributed by atoms with Crippen LogP contribution in [0, 0.1) is 0 Å². The van der Waals surface area contributed by atoms with E-state index < -0.39 is 0 Å². The van der Waals surface area contributed by atoms with E-state index in [0.29, 0.717) is 15.9 Å². The van der Waals surface area contributed by atoms with Gasteiger partial charge in [-0.15, -0.1) is 0 Å². The number of piperazine rings is 1. The molecule has 4 nitrogen and oxygen atoms in total. The van der Waals surface area contributed by atoms with Gasteiger partial charge in [0.1, 0.15) is 11.6 Å². The number of aromatic nitrogens is 1. The number of halogens is 2. The molecule has 0 aliphatic carbocycles. The first-order chi connectivity index (χ1) is 8.79. The monoisotopic (exact) mass is 302 g/mol. The standard InChI is InChI=1S/C13H20Cl2N4/c1-13(2,3)19-6-4-18(5-7-19)12-10(15)8-9(14)11(16)17-12/h8H,4-7H2,1-3H3,(H2,16,17). The van der Waals surface area contributed by atoms with Crippen LogP contribution in [0.4, 0.5) is 11.6 Å². The Morgan fingerprint density at radius 1 is 1.11 bits per heavy atom. The highest BCUT2D eigenvalue weighted by Crippen LogP contribution is 2.31. The lowest BCUT2D eigenvalue weighted by Gasteiger charge is -2.42. The van der Waals surface area contributed by atoms with Gasteiger partial charge in [0.2, 0.25) is 0 Å². The fourth-order valence-corrected chi connectivity index (χ4v) is 2.76. The lowest BCUT2D eigenvalue weighted by Crippen LogP contribution is -2.53. The maximum atomic E-state index is 6.20. The number of nitrogens with two attached hydrogens (primary N) is 1. The van der Waals surface area contributed by atoms with E-state index in [1.807, 2.05) is 0 Å². The minimum Gasteiger partial charge on any atom is -0.382 e. The van der Waals surface area contributed by atoms with E-state index in [4.69, 9.17) is 28.9 Å². The summed E-state index contributed by atoms with van der Waals surface area (Å²) in [6.07, 6.45) is 0. The molecule has 0 bridgehead atoms. The first-order valence-electron chi connectivity index (χ1n) is 6.40. The van der Waals surface area contributed by atoms with Crippen LogP contribution in [0.2, 0.25) is 10.0 Å². The minimum atomic E-state index is 0.197. The van der Waals surface area contributed by atoms with Gasteiger partial charge in [-0.05, 0) is 26.8 Å². The molecule has 1 aromatic heterocycles. The largest absolute Gasteiger partial charge is 0.382 e. The maximum absolute atomic E-state index is 6.20. The SMILES string of the molecule is CC(C)(C)N1CCN(c2nc(N)c(Cl)cc2Cl)CC1. The third kappa shape index (κ3) is 3.25. The second-order valence-electron chi connectivity index (χ2n) is 5.81. The van der Waals surface area contributed by atoms with Gasteiger partial charge in [-0.25, -0.2) is 4.98 Å². The summed E-state index contributed by atoms with van der Waals surface area (Å²) in [5.41, 5.74) is 5.95. The van der Waals surface area contributed by atoms with Gasteiger partial charge >= 0.3 is 0 Å². The van der Waals surface area contributed by atoms with E-state index in [0.717, 1.165) is 32.0 Å². The Kier molecular flexibility index (Phi) is 4.14. The summed E-state index contributed by atoms with van der Waals surface area (Å²) < 4.78 is 0. The topological polar surface area (TPSA) is 45.4 Å². The highest BCUT2D eigenvalue weighted by Gasteiger charge is 2.27. The highest BCUT2D eigenvalue weighted by atomic mass is 35.5. The Balaban J connectivity index is 2.12. The van der Waals surface area contributed by atoms with Gasteiger partial charge in [0.05, 0.1) is 10.0 Å². The predicted octanol–water partition coefficient (Wildman–Crippen LogP) is 2.89. The van der Waals surface area contributed by atoms with Crippen LogP contribution >= 0.6 is 23.2 Å². The highest BCUT2D eigenvalue weighted by molar-refractivity contribution is 6.37. The lowest BCUT2D eigenvalue weighted by molar-refractivity contribution is 0.128. The molecule has 0 saturated carbocycles. The van der Waals surface area contributed by atoms with Crippen LogP contribution in [0.5, 0.6) is 0 Å². The van der Waals surface area contributed by atoms with Crippen LogP contribution in [0.1, 0.15) is 20.8 Å². The molecule has 0 unspecified atom stereocenters. The van der Waals surface area contributed by atoms with Crippen LogP contribution in [0.15, 0.2) is 6.07 Å². The Morgan fingerprint density at radius 2 is 1.68 bits per heavy atom. The van der Waals surface area contributed by atoms with Crippen molar-refractivity contribution in [2.45, 2.75) is 26.3 Å². The molecule has 1 aromatic rings. The summed E-state index contributed by atoms with van der Waals surface area (Å²) >= 11 is 12.1. The Hall–Kier alpha value is -0.710. The predicted molar refractivity (Wildman–Crippen MR) is 82.2 cm³/mol. The smallest absolute Gasteiger partial charge is 0.150 e. The van der Waals surface area contributed by atoms with Crippen LogP contribution < -0.4 is 10.6 Å². The molecule has 0 amide bonds. The molecule has 1 fully saturated rings.